The fourth-order valence-electron chi connectivity index (χ4n) is 1.44. The van der Waals surface area contributed by atoms with Crippen LogP contribution >= 0.6 is 0 Å². The molecule has 1 aromatic carbocycles. The zero-order chi connectivity index (χ0) is 11.1. The number of nitrogens with one attached hydrogen (secondary N) is 1. The summed E-state index contributed by atoms with van der Waals surface area (Å²) in [6.45, 7) is 2.10. The topological polar surface area (TPSA) is 49.3 Å². The van der Waals surface area contributed by atoms with Crippen LogP contribution < -0.4 is 5.32 Å². The molecule has 82 valence electrons. The molecule has 1 atom stereocenters. The molecule has 0 saturated carbocycles. The summed E-state index contributed by atoms with van der Waals surface area (Å²) in [5.41, 5.74) is 1.18. The van der Waals surface area contributed by atoms with Crippen LogP contribution in [0.1, 0.15) is 12.5 Å². The van der Waals surface area contributed by atoms with Crippen molar-refractivity contribution >= 4 is 5.91 Å². The number of carbonyl (C=O) groups excluding carboxylic acids is 1. The van der Waals surface area contributed by atoms with Crippen LogP contribution in [0.2, 0.25) is 0 Å². The molecule has 1 aromatic rings. The fourth-order valence-corrected chi connectivity index (χ4v) is 1.44. The van der Waals surface area contributed by atoms with Gasteiger partial charge >= 0.3 is 0 Å². The van der Waals surface area contributed by atoms with Crippen molar-refractivity contribution in [1.29, 1.82) is 0 Å². The van der Waals surface area contributed by atoms with Crippen LogP contribution in [0, 0.1) is 5.92 Å². The van der Waals surface area contributed by atoms with E-state index in [9.17, 15) is 4.79 Å². The number of hydrogen-bond donors (Lipinski definition) is 2. The van der Waals surface area contributed by atoms with E-state index in [0.29, 0.717) is 6.54 Å². The van der Waals surface area contributed by atoms with Gasteiger partial charge in [-0.2, -0.15) is 0 Å². The van der Waals surface area contributed by atoms with E-state index in [1.54, 1.807) is 0 Å². The summed E-state index contributed by atoms with van der Waals surface area (Å²) in [7, 11) is 0. The summed E-state index contributed by atoms with van der Waals surface area (Å²) < 4.78 is 0. The summed E-state index contributed by atoms with van der Waals surface area (Å²) in [6, 6.07) is 9.96. The first kappa shape index (κ1) is 11.7. The van der Waals surface area contributed by atoms with Gasteiger partial charge in [-0.25, -0.2) is 0 Å². The van der Waals surface area contributed by atoms with E-state index in [1.165, 1.54) is 12.5 Å². The number of aliphatic hydroxyl groups is 1. The summed E-state index contributed by atoms with van der Waals surface area (Å²) >= 11 is 0. The molecule has 0 spiro atoms. The summed E-state index contributed by atoms with van der Waals surface area (Å²) in [6.07, 6.45) is 0.789. The van der Waals surface area contributed by atoms with Gasteiger partial charge in [0.15, 0.2) is 0 Å². The Kier molecular flexibility index (Phi) is 4.84. The number of hydrogen-bond acceptors (Lipinski definition) is 2. The predicted molar refractivity (Wildman–Crippen MR) is 59.4 cm³/mol. The standard InChI is InChI=1S/C12H17NO2/c1-10(15)13-8-12(9-14)7-11-5-3-2-4-6-11/h2-6,12,14H,7-9H2,1H3,(H,13,15). The van der Waals surface area contributed by atoms with Crippen LogP contribution in [0.15, 0.2) is 30.3 Å². The maximum absolute atomic E-state index is 10.7. The van der Waals surface area contributed by atoms with Crippen LogP contribution in [0.25, 0.3) is 0 Å². The molecule has 3 nitrogen and oxygen atoms in total. The largest absolute Gasteiger partial charge is 0.396 e. The quantitative estimate of drug-likeness (QED) is 0.756. The third kappa shape index (κ3) is 4.61. The molecular formula is C12H17NO2. The van der Waals surface area contributed by atoms with Crippen molar-refractivity contribution in [3.8, 4) is 0 Å². The molecule has 3 heteroatoms. The molecular weight excluding hydrogens is 190 g/mol. The zero-order valence-corrected chi connectivity index (χ0v) is 8.94. The molecule has 0 bridgehead atoms. The summed E-state index contributed by atoms with van der Waals surface area (Å²) in [5.74, 6) is 0.0396. The van der Waals surface area contributed by atoms with Crippen LogP contribution in [0.3, 0.4) is 0 Å². The Morgan fingerprint density at radius 3 is 2.60 bits per heavy atom. The highest BCUT2D eigenvalue weighted by Crippen LogP contribution is 2.07. The van der Waals surface area contributed by atoms with Gasteiger partial charge < -0.3 is 10.4 Å². The second-order valence-electron chi connectivity index (χ2n) is 3.68. The zero-order valence-electron chi connectivity index (χ0n) is 8.94. The molecule has 0 aliphatic carbocycles. The van der Waals surface area contributed by atoms with Gasteiger partial charge in [0, 0.05) is 26.0 Å². The molecule has 1 rings (SSSR count). The highest BCUT2D eigenvalue weighted by atomic mass is 16.3. The highest BCUT2D eigenvalue weighted by molar-refractivity contribution is 5.72. The van der Waals surface area contributed by atoms with Crippen molar-refractivity contribution < 1.29 is 9.90 Å². The SMILES string of the molecule is CC(=O)NCC(CO)Cc1ccccc1. The molecule has 15 heavy (non-hydrogen) atoms. The average Bonchev–Trinajstić information content (AvgIpc) is 2.25. The first-order chi connectivity index (χ1) is 7.22. The second-order valence-corrected chi connectivity index (χ2v) is 3.68. The van der Waals surface area contributed by atoms with Gasteiger partial charge in [0.05, 0.1) is 0 Å². The first-order valence-corrected chi connectivity index (χ1v) is 5.11. The normalized spacial score (nSPS) is 12.1. The minimum absolute atomic E-state index is 0.0542. The maximum atomic E-state index is 10.7. The lowest BCUT2D eigenvalue weighted by Gasteiger charge is -2.14. The van der Waals surface area contributed by atoms with Crippen LogP contribution in [0.4, 0.5) is 0 Å². The monoisotopic (exact) mass is 207 g/mol. The highest BCUT2D eigenvalue weighted by Gasteiger charge is 2.08. The van der Waals surface area contributed by atoms with E-state index in [1.807, 2.05) is 30.3 Å². The van der Waals surface area contributed by atoms with Gasteiger partial charge in [0.1, 0.15) is 0 Å². The van der Waals surface area contributed by atoms with E-state index in [4.69, 9.17) is 5.11 Å². The van der Waals surface area contributed by atoms with Crippen LogP contribution in [-0.2, 0) is 11.2 Å². The number of benzene rings is 1. The first-order valence-electron chi connectivity index (χ1n) is 5.11. The molecule has 1 unspecified atom stereocenters. The van der Waals surface area contributed by atoms with Crippen LogP contribution in [-0.4, -0.2) is 24.2 Å². The Morgan fingerprint density at radius 2 is 2.07 bits per heavy atom. The Labute approximate surface area is 90.1 Å². The third-order valence-electron chi connectivity index (χ3n) is 2.27. The van der Waals surface area contributed by atoms with Gasteiger partial charge in [-0.15, -0.1) is 0 Å². The lowest BCUT2D eigenvalue weighted by molar-refractivity contribution is -0.119. The van der Waals surface area contributed by atoms with E-state index >= 15 is 0 Å². The van der Waals surface area contributed by atoms with Crippen molar-refractivity contribution in [2.24, 2.45) is 5.92 Å². The molecule has 0 aliphatic heterocycles. The van der Waals surface area contributed by atoms with E-state index < -0.39 is 0 Å². The van der Waals surface area contributed by atoms with Gasteiger partial charge in [-0.3, -0.25) is 4.79 Å². The van der Waals surface area contributed by atoms with Gasteiger partial charge in [0.2, 0.25) is 5.91 Å². The second kappa shape index (κ2) is 6.19. The molecule has 0 aliphatic rings. The Bertz CT molecular complexity index is 298. The summed E-state index contributed by atoms with van der Waals surface area (Å²) in [5, 5.41) is 11.9. The van der Waals surface area contributed by atoms with Crippen molar-refractivity contribution in [3.05, 3.63) is 35.9 Å². The smallest absolute Gasteiger partial charge is 0.216 e. The molecule has 0 saturated heterocycles. The van der Waals surface area contributed by atoms with E-state index in [2.05, 4.69) is 5.32 Å². The maximum Gasteiger partial charge on any atom is 0.216 e. The minimum atomic E-state index is -0.0542. The third-order valence-corrected chi connectivity index (χ3v) is 2.27. The minimum Gasteiger partial charge on any atom is -0.396 e. The van der Waals surface area contributed by atoms with E-state index in [-0.39, 0.29) is 18.4 Å². The Hall–Kier alpha value is -1.35. The van der Waals surface area contributed by atoms with Crippen LogP contribution in [0.5, 0.6) is 0 Å². The molecule has 2 N–H and O–H groups in total. The van der Waals surface area contributed by atoms with Crippen molar-refractivity contribution in [3.63, 3.8) is 0 Å². The Balaban J connectivity index is 2.43. The fraction of sp³-hybridized carbons (Fsp3) is 0.417. The van der Waals surface area contributed by atoms with Gasteiger partial charge in [-0.1, -0.05) is 30.3 Å². The van der Waals surface area contributed by atoms with Crippen molar-refractivity contribution in [2.75, 3.05) is 13.2 Å². The summed E-state index contributed by atoms with van der Waals surface area (Å²) in [4.78, 5) is 10.7. The van der Waals surface area contributed by atoms with E-state index in [0.717, 1.165) is 6.42 Å². The number of amides is 1. The lowest BCUT2D eigenvalue weighted by Crippen LogP contribution is -2.30. The molecule has 0 fully saturated rings. The molecule has 1 amide bonds. The predicted octanol–water partition coefficient (Wildman–Crippen LogP) is 0.974. The molecule has 0 aromatic heterocycles. The number of rotatable bonds is 5. The Morgan fingerprint density at radius 1 is 1.40 bits per heavy atom. The number of carbonyl (C=O) groups is 1. The molecule has 0 heterocycles. The average molecular weight is 207 g/mol. The molecule has 0 radical (unpaired) electrons. The van der Waals surface area contributed by atoms with Crippen molar-refractivity contribution in [2.45, 2.75) is 13.3 Å². The number of aliphatic hydroxyl groups excluding tert-OH is 1. The lowest BCUT2D eigenvalue weighted by atomic mass is 10.0. The van der Waals surface area contributed by atoms with Gasteiger partial charge in [-0.05, 0) is 12.0 Å². The van der Waals surface area contributed by atoms with Gasteiger partial charge in [0.25, 0.3) is 0 Å². The van der Waals surface area contributed by atoms with Crippen molar-refractivity contribution in [1.82, 2.24) is 5.32 Å².